The molecule has 0 aliphatic heterocycles. The molecule has 2 rings (SSSR count). The van der Waals surface area contributed by atoms with Crippen LogP contribution in [0.2, 0.25) is 0 Å². The van der Waals surface area contributed by atoms with Crippen LogP contribution in [-0.4, -0.2) is 52.1 Å². The highest BCUT2D eigenvalue weighted by Crippen LogP contribution is 2.10. The van der Waals surface area contributed by atoms with Crippen molar-refractivity contribution in [2.24, 2.45) is 4.99 Å². The Kier molecular flexibility index (Phi) is 12.8. The Morgan fingerprint density at radius 3 is 2.45 bits per heavy atom. The number of halogens is 1. The molecule has 0 spiro atoms. The summed E-state index contributed by atoms with van der Waals surface area (Å²) in [6, 6.07) is 9.79. The molecule has 6 nitrogen and oxygen atoms in total. The SMILES string of the molecule is CCNC(=NCc1cccc(Cn2ccnc2C)c1)NCCCN(C(C)C)C(C)C.I. The molecule has 1 aromatic carbocycles. The summed E-state index contributed by atoms with van der Waals surface area (Å²) in [4.78, 5) is 11.6. The van der Waals surface area contributed by atoms with Gasteiger partial charge in [-0.05, 0) is 59.1 Å². The molecule has 0 aliphatic carbocycles. The van der Waals surface area contributed by atoms with Crippen molar-refractivity contribution >= 4 is 29.9 Å². The molecule has 1 aromatic heterocycles. The topological polar surface area (TPSA) is 57.5 Å². The van der Waals surface area contributed by atoms with Gasteiger partial charge in [-0.25, -0.2) is 9.98 Å². The number of aliphatic imine (C=N–C) groups is 1. The molecule has 0 amide bonds. The Hall–Kier alpha value is -1.61. The van der Waals surface area contributed by atoms with Crippen molar-refractivity contribution < 1.29 is 0 Å². The third-order valence-electron chi connectivity index (χ3n) is 5.24. The zero-order chi connectivity index (χ0) is 21.9. The van der Waals surface area contributed by atoms with Crippen molar-refractivity contribution in [1.82, 2.24) is 25.1 Å². The Labute approximate surface area is 206 Å². The maximum Gasteiger partial charge on any atom is 0.191 e. The molecular formula is C24H41IN6. The summed E-state index contributed by atoms with van der Waals surface area (Å²) in [7, 11) is 0. The Bertz CT molecular complexity index is 776. The second-order valence-electron chi connectivity index (χ2n) is 8.32. The van der Waals surface area contributed by atoms with Gasteiger partial charge in [-0.15, -0.1) is 24.0 Å². The normalized spacial score (nSPS) is 11.8. The average Bonchev–Trinajstić information content (AvgIpc) is 3.10. The van der Waals surface area contributed by atoms with E-state index >= 15 is 0 Å². The minimum Gasteiger partial charge on any atom is -0.357 e. The molecule has 0 unspecified atom stereocenters. The number of hydrogen-bond donors (Lipinski definition) is 2. The van der Waals surface area contributed by atoms with Gasteiger partial charge in [0.05, 0.1) is 6.54 Å². The quantitative estimate of drug-likeness (QED) is 0.192. The zero-order valence-corrected chi connectivity index (χ0v) is 22.4. The fourth-order valence-electron chi connectivity index (χ4n) is 3.69. The van der Waals surface area contributed by atoms with Crippen LogP contribution in [0.4, 0.5) is 0 Å². The van der Waals surface area contributed by atoms with Crippen molar-refractivity contribution in [2.45, 2.75) is 73.1 Å². The number of nitrogens with one attached hydrogen (secondary N) is 2. The molecule has 0 bridgehead atoms. The van der Waals surface area contributed by atoms with Crippen molar-refractivity contribution in [3.8, 4) is 0 Å². The smallest absolute Gasteiger partial charge is 0.191 e. The first-order valence-corrected chi connectivity index (χ1v) is 11.2. The van der Waals surface area contributed by atoms with Gasteiger partial charge in [0.2, 0.25) is 0 Å². The number of nitrogens with zero attached hydrogens (tertiary/aromatic N) is 4. The highest BCUT2D eigenvalue weighted by atomic mass is 127. The molecule has 7 heteroatoms. The first kappa shape index (κ1) is 27.4. The Balaban J connectivity index is 0.00000480. The molecule has 2 N–H and O–H groups in total. The molecule has 0 atom stereocenters. The van der Waals surface area contributed by atoms with Crippen LogP contribution in [0, 0.1) is 6.92 Å². The summed E-state index contributed by atoms with van der Waals surface area (Å²) in [6.45, 7) is 17.6. The lowest BCUT2D eigenvalue weighted by atomic mass is 10.1. The summed E-state index contributed by atoms with van der Waals surface area (Å²) in [5.41, 5.74) is 2.48. The molecule has 174 valence electrons. The molecule has 1 heterocycles. The summed E-state index contributed by atoms with van der Waals surface area (Å²) in [5, 5.41) is 6.84. The number of benzene rings is 1. The van der Waals surface area contributed by atoms with Crippen molar-refractivity contribution in [3.05, 3.63) is 53.6 Å². The molecule has 0 aliphatic rings. The van der Waals surface area contributed by atoms with Crippen LogP contribution in [0.5, 0.6) is 0 Å². The first-order valence-electron chi connectivity index (χ1n) is 11.2. The van der Waals surface area contributed by atoms with Gasteiger partial charge in [0, 0.05) is 50.7 Å². The van der Waals surface area contributed by atoms with E-state index in [1.54, 1.807) is 0 Å². The maximum absolute atomic E-state index is 4.79. The van der Waals surface area contributed by atoms with Crippen LogP contribution in [0.25, 0.3) is 0 Å². The van der Waals surface area contributed by atoms with Crippen LogP contribution in [0.3, 0.4) is 0 Å². The van der Waals surface area contributed by atoms with Gasteiger partial charge in [-0.1, -0.05) is 24.3 Å². The lowest BCUT2D eigenvalue weighted by molar-refractivity contribution is 0.173. The van der Waals surface area contributed by atoms with Gasteiger partial charge in [0.1, 0.15) is 5.82 Å². The molecule has 0 radical (unpaired) electrons. The van der Waals surface area contributed by atoms with Crippen molar-refractivity contribution in [1.29, 1.82) is 0 Å². The molecule has 0 fully saturated rings. The highest BCUT2D eigenvalue weighted by Gasteiger charge is 2.12. The van der Waals surface area contributed by atoms with Gasteiger partial charge >= 0.3 is 0 Å². The third kappa shape index (κ3) is 9.60. The summed E-state index contributed by atoms with van der Waals surface area (Å²) in [6.07, 6.45) is 4.97. The number of hydrogen-bond acceptors (Lipinski definition) is 3. The van der Waals surface area contributed by atoms with Crippen LogP contribution >= 0.6 is 24.0 Å². The van der Waals surface area contributed by atoms with Crippen LogP contribution in [-0.2, 0) is 13.1 Å². The van der Waals surface area contributed by atoms with E-state index < -0.39 is 0 Å². The summed E-state index contributed by atoms with van der Waals surface area (Å²) < 4.78 is 2.16. The Morgan fingerprint density at radius 1 is 1.13 bits per heavy atom. The monoisotopic (exact) mass is 540 g/mol. The third-order valence-corrected chi connectivity index (χ3v) is 5.24. The van der Waals surface area contributed by atoms with Gasteiger partial charge in [-0.2, -0.15) is 0 Å². The van der Waals surface area contributed by atoms with Crippen molar-refractivity contribution in [2.75, 3.05) is 19.6 Å². The van der Waals surface area contributed by atoms with E-state index in [1.807, 2.05) is 19.3 Å². The van der Waals surface area contributed by atoms with E-state index in [0.717, 1.165) is 44.4 Å². The number of guanidine groups is 1. The largest absolute Gasteiger partial charge is 0.357 e. The summed E-state index contributed by atoms with van der Waals surface area (Å²) >= 11 is 0. The van der Waals surface area contributed by atoms with E-state index in [2.05, 4.69) is 84.0 Å². The van der Waals surface area contributed by atoms with Gasteiger partial charge in [-0.3, -0.25) is 4.90 Å². The molecule has 0 saturated carbocycles. The first-order chi connectivity index (χ1) is 14.4. The number of aryl methyl sites for hydroxylation is 1. The molecular weight excluding hydrogens is 499 g/mol. The predicted molar refractivity (Wildman–Crippen MR) is 142 cm³/mol. The molecule has 0 saturated heterocycles. The van der Waals surface area contributed by atoms with E-state index in [1.165, 1.54) is 11.1 Å². The van der Waals surface area contributed by atoms with Gasteiger partial charge in [0.15, 0.2) is 5.96 Å². The summed E-state index contributed by atoms with van der Waals surface area (Å²) in [5.74, 6) is 1.92. The van der Waals surface area contributed by atoms with E-state index in [9.17, 15) is 0 Å². The fraction of sp³-hybridized carbons (Fsp3) is 0.583. The van der Waals surface area contributed by atoms with E-state index in [0.29, 0.717) is 18.6 Å². The van der Waals surface area contributed by atoms with E-state index in [-0.39, 0.29) is 24.0 Å². The van der Waals surface area contributed by atoms with Crippen LogP contribution < -0.4 is 10.6 Å². The maximum atomic E-state index is 4.79. The van der Waals surface area contributed by atoms with Crippen LogP contribution in [0.1, 0.15) is 58.0 Å². The van der Waals surface area contributed by atoms with Crippen LogP contribution in [0.15, 0.2) is 41.7 Å². The fourth-order valence-corrected chi connectivity index (χ4v) is 3.69. The standard InChI is InChI=1S/C24H40N6.HI/c1-7-25-24(27-12-9-14-30(19(2)3)20(4)5)28-17-22-10-8-11-23(16-22)18-29-15-13-26-21(29)6;/h8,10-11,13,15-16,19-20H,7,9,12,14,17-18H2,1-6H3,(H2,25,27,28);1H. The predicted octanol–water partition coefficient (Wildman–Crippen LogP) is 4.42. The highest BCUT2D eigenvalue weighted by molar-refractivity contribution is 14.0. The molecule has 31 heavy (non-hydrogen) atoms. The minimum atomic E-state index is 0. The van der Waals surface area contributed by atoms with Crippen molar-refractivity contribution in [3.63, 3.8) is 0 Å². The minimum absolute atomic E-state index is 0. The molecule has 2 aromatic rings. The average molecular weight is 541 g/mol. The second kappa shape index (κ2) is 14.5. The van der Waals surface area contributed by atoms with Gasteiger partial charge < -0.3 is 15.2 Å². The second-order valence-corrected chi connectivity index (χ2v) is 8.32. The lowest BCUT2D eigenvalue weighted by Crippen LogP contribution is -2.41. The van der Waals surface area contributed by atoms with E-state index in [4.69, 9.17) is 4.99 Å². The number of aromatic nitrogens is 2. The lowest BCUT2D eigenvalue weighted by Gasteiger charge is -2.30. The van der Waals surface area contributed by atoms with Gasteiger partial charge in [0.25, 0.3) is 0 Å². The number of imidazole rings is 1. The Morgan fingerprint density at radius 2 is 1.84 bits per heavy atom. The number of rotatable bonds is 11. The zero-order valence-electron chi connectivity index (χ0n) is 20.1.